The van der Waals surface area contributed by atoms with Crippen molar-refractivity contribution in [2.75, 3.05) is 13.9 Å². The van der Waals surface area contributed by atoms with Crippen LogP contribution in [-0.2, 0) is 6.54 Å². The van der Waals surface area contributed by atoms with Gasteiger partial charge in [0.05, 0.1) is 18.3 Å². The van der Waals surface area contributed by atoms with Crippen molar-refractivity contribution in [1.29, 1.82) is 0 Å². The van der Waals surface area contributed by atoms with Crippen molar-refractivity contribution in [2.45, 2.75) is 27.3 Å². The highest BCUT2D eigenvalue weighted by Crippen LogP contribution is 2.36. The molecule has 1 aliphatic heterocycles. The lowest BCUT2D eigenvalue weighted by molar-refractivity contribution is 0.174. The summed E-state index contributed by atoms with van der Waals surface area (Å²) in [6, 6.07) is 16.6. The van der Waals surface area contributed by atoms with E-state index in [0.717, 1.165) is 46.1 Å². The van der Waals surface area contributed by atoms with Gasteiger partial charge in [-0.15, -0.1) is 0 Å². The maximum absolute atomic E-state index is 5.58. The molecule has 4 heterocycles. The summed E-state index contributed by atoms with van der Waals surface area (Å²) >= 11 is 0. The van der Waals surface area contributed by atoms with Gasteiger partial charge in [0.25, 0.3) is 0 Å². The van der Waals surface area contributed by atoms with Gasteiger partial charge in [-0.3, -0.25) is 0 Å². The predicted octanol–water partition coefficient (Wildman–Crippen LogP) is 5.67. The number of aromatic nitrogens is 3. The molecule has 0 saturated carbocycles. The summed E-state index contributed by atoms with van der Waals surface area (Å²) in [5.41, 5.74) is 8.06. The molecule has 0 radical (unpaired) electrons. The summed E-state index contributed by atoms with van der Waals surface area (Å²) in [6.45, 7) is 7.52. The summed E-state index contributed by atoms with van der Waals surface area (Å²) in [5.74, 6) is 2.48. The average Bonchev–Trinajstić information content (AvgIpc) is 3.52. The van der Waals surface area contributed by atoms with E-state index in [2.05, 4.69) is 61.9 Å². The van der Waals surface area contributed by atoms with Crippen molar-refractivity contribution < 1.29 is 14.2 Å². The molecule has 6 heteroatoms. The van der Waals surface area contributed by atoms with Crippen LogP contribution in [0, 0.1) is 20.8 Å². The molecule has 3 aromatic heterocycles. The number of rotatable bonds is 4. The van der Waals surface area contributed by atoms with Crippen molar-refractivity contribution in [3.63, 3.8) is 0 Å². The monoisotopic (exact) mass is 439 g/mol. The van der Waals surface area contributed by atoms with Crippen molar-refractivity contribution in [3.8, 4) is 28.4 Å². The number of hydrogen-bond acceptors (Lipinski definition) is 4. The van der Waals surface area contributed by atoms with Crippen molar-refractivity contribution >= 4 is 16.3 Å². The van der Waals surface area contributed by atoms with E-state index in [-0.39, 0.29) is 6.79 Å². The predicted molar refractivity (Wildman–Crippen MR) is 129 cm³/mol. The van der Waals surface area contributed by atoms with E-state index < -0.39 is 0 Å². The van der Waals surface area contributed by atoms with Gasteiger partial charge in [-0.1, -0.05) is 18.2 Å². The van der Waals surface area contributed by atoms with E-state index in [9.17, 15) is 0 Å². The molecule has 0 unspecified atom stereocenters. The Morgan fingerprint density at radius 2 is 1.64 bits per heavy atom. The van der Waals surface area contributed by atoms with Crippen LogP contribution in [0.1, 0.15) is 22.6 Å². The number of nitrogens with zero attached hydrogens (tertiary/aromatic N) is 3. The van der Waals surface area contributed by atoms with Gasteiger partial charge in [0.1, 0.15) is 5.75 Å². The zero-order valence-electron chi connectivity index (χ0n) is 19.2. The van der Waals surface area contributed by atoms with E-state index in [4.69, 9.17) is 19.3 Å². The molecule has 0 atom stereocenters. The van der Waals surface area contributed by atoms with Crippen LogP contribution in [0.2, 0.25) is 0 Å². The van der Waals surface area contributed by atoms with E-state index in [1.54, 1.807) is 7.11 Å². The number of aryl methyl sites for hydroxylation is 3. The second-order valence-corrected chi connectivity index (χ2v) is 8.57. The minimum absolute atomic E-state index is 0.290. The minimum Gasteiger partial charge on any atom is -0.497 e. The van der Waals surface area contributed by atoms with Gasteiger partial charge in [0, 0.05) is 40.5 Å². The molecular weight excluding hydrogens is 414 g/mol. The van der Waals surface area contributed by atoms with Crippen LogP contribution in [0.15, 0.2) is 54.7 Å². The Morgan fingerprint density at radius 1 is 0.879 bits per heavy atom. The fourth-order valence-electron chi connectivity index (χ4n) is 4.97. The molecule has 6 nitrogen and oxygen atoms in total. The van der Waals surface area contributed by atoms with Crippen molar-refractivity contribution in [2.24, 2.45) is 0 Å². The highest BCUT2D eigenvalue weighted by Gasteiger charge is 2.20. The zero-order chi connectivity index (χ0) is 22.7. The Balaban J connectivity index is 1.49. The quantitative estimate of drug-likeness (QED) is 0.362. The van der Waals surface area contributed by atoms with Gasteiger partial charge in [-0.2, -0.15) is 5.10 Å². The zero-order valence-corrected chi connectivity index (χ0v) is 19.2. The maximum Gasteiger partial charge on any atom is 0.231 e. The summed E-state index contributed by atoms with van der Waals surface area (Å²) in [7, 11) is 1.68. The van der Waals surface area contributed by atoms with Crippen LogP contribution in [0.25, 0.3) is 27.4 Å². The molecule has 6 rings (SSSR count). The number of benzene rings is 2. The van der Waals surface area contributed by atoms with Crippen LogP contribution in [0.4, 0.5) is 0 Å². The molecule has 2 aromatic carbocycles. The van der Waals surface area contributed by atoms with Gasteiger partial charge in [0.2, 0.25) is 6.79 Å². The molecule has 1 aliphatic rings. The Kier molecular flexibility index (Phi) is 4.37. The molecule has 33 heavy (non-hydrogen) atoms. The van der Waals surface area contributed by atoms with Gasteiger partial charge in [-0.05, 0) is 62.2 Å². The van der Waals surface area contributed by atoms with Crippen molar-refractivity contribution in [3.05, 3.63) is 77.4 Å². The van der Waals surface area contributed by atoms with E-state index in [1.807, 2.05) is 22.7 Å². The molecule has 0 amide bonds. The van der Waals surface area contributed by atoms with Gasteiger partial charge < -0.3 is 18.8 Å². The highest BCUT2D eigenvalue weighted by atomic mass is 16.7. The minimum atomic E-state index is 0.290. The molecule has 0 spiro atoms. The van der Waals surface area contributed by atoms with Crippen LogP contribution >= 0.6 is 0 Å². The Labute approximate surface area is 191 Å². The van der Waals surface area contributed by atoms with Gasteiger partial charge in [-0.25, -0.2) is 4.52 Å². The van der Waals surface area contributed by atoms with Crippen LogP contribution < -0.4 is 14.2 Å². The third-order valence-corrected chi connectivity index (χ3v) is 6.66. The molecule has 0 N–H and O–H groups in total. The molecule has 166 valence electrons. The molecule has 0 bridgehead atoms. The Morgan fingerprint density at radius 3 is 2.42 bits per heavy atom. The molecule has 0 fully saturated rings. The third-order valence-electron chi connectivity index (χ3n) is 6.66. The second-order valence-electron chi connectivity index (χ2n) is 8.57. The van der Waals surface area contributed by atoms with Crippen LogP contribution in [0.3, 0.4) is 0 Å². The number of fused-ring (bicyclic) bond motifs is 4. The fraction of sp³-hybridized carbons (Fsp3) is 0.222. The Bertz CT molecular complexity index is 1530. The van der Waals surface area contributed by atoms with Crippen molar-refractivity contribution in [1.82, 2.24) is 14.2 Å². The lowest BCUT2D eigenvalue weighted by atomic mass is 10.1. The lowest BCUT2D eigenvalue weighted by Gasteiger charge is -2.10. The smallest absolute Gasteiger partial charge is 0.231 e. The second kappa shape index (κ2) is 7.30. The summed E-state index contributed by atoms with van der Waals surface area (Å²) < 4.78 is 20.7. The number of methoxy groups -OCH3 is 1. The average molecular weight is 440 g/mol. The first-order valence-electron chi connectivity index (χ1n) is 11.0. The summed E-state index contributed by atoms with van der Waals surface area (Å²) in [5, 5.41) is 7.37. The first-order valence-corrected chi connectivity index (χ1v) is 11.0. The molecular formula is C27H25N3O3. The largest absolute Gasteiger partial charge is 0.497 e. The summed E-state index contributed by atoms with van der Waals surface area (Å²) in [6.07, 6.45) is 2.10. The topological polar surface area (TPSA) is 49.9 Å². The Hall–Kier alpha value is -3.93. The van der Waals surface area contributed by atoms with Crippen LogP contribution in [-0.4, -0.2) is 28.1 Å². The fourth-order valence-corrected chi connectivity index (χ4v) is 4.97. The van der Waals surface area contributed by atoms with E-state index in [0.29, 0.717) is 0 Å². The SMILES string of the molecule is COc1ccc(-c2cc3c4c(C)n(Cc5ccc6c(c5)OCO6)c(C)c4c(C)nn3c2)cc1. The van der Waals surface area contributed by atoms with E-state index >= 15 is 0 Å². The maximum atomic E-state index is 5.58. The number of ether oxygens (including phenoxy) is 3. The van der Waals surface area contributed by atoms with E-state index in [1.165, 1.54) is 27.7 Å². The van der Waals surface area contributed by atoms with Gasteiger partial charge in [0.15, 0.2) is 11.5 Å². The first-order chi connectivity index (χ1) is 16.0. The number of hydrogen-bond donors (Lipinski definition) is 0. The normalized spacial score (nSPS) is 12.7. The van der Waals surface area contributed by atoms with Crippen LogP contribution in [0.5, 0.6) is 17.2 Å². The lowest BCUT2D eigenvalue weighted by Crippen LogP contribution is -2.03. The molecule has 0 saturated heterocycles. The molecule has 5 aromatic rings. The highest BCUT2D eigenvalue weighted by molar-refractivity contribution is 6.02. The molecule has 0 aliphatic carbocycles. The standard InChI is InChI=1S/C27H25N3O3/c1-16-26-17(2)29(13-19-5-10-24-25(11-19)33-15-32-24)18(3)27(26)23-12-21(14-30(23)28-16)20-6-8-22(31-4)9-7-20/h5-12,14H,13,15H2,1-4H3. The summed E-state index contributed by atoms with van der Waals surface area (Å²) in [4.78, 5) is 0. The van der Waals surface area contributed by atoms with Gasteiger partial charge >= 0.3 is 0 Å². The third kappa shape index (κ3) is 3.05. The first kappa shape index (κ1) is 19.7.